The Balaban J connectivity index is 0.000000717. The van der Waals surface area contributed by atoms with Crippen LogP contribution in [0.5, 0.6) is 0 Å². The van der Waals surface area contributed by atoms with Gasteiger partial charge in [-0.15, -0.1) is 111 Å². The van der Waals surface area contributed by atoms with Gasteiger partial charge in [-0.3, -0.25) is 0 Å². The van der Waals surface area contributed by atoms with Gasteiger partial charge in [0.2, 0.25) is 0 Å². The summed E-state index contributed by atoms with van der Waals surface area (Å²) in [6, 6.07) is 39.5. The Morgan fingerprint density at radius 1 is 0.548 bits per heavy atom. The molecule has 0 aromatic heterocycles. The van der Waals surface area contributed by atoms with Crippen LogP contribution in [0.2, 0.25) is 0 Å². The van der Waals surface area contributed by atoms with Crippen LogP contribution in [0, 0.1) is 14.9 Å². The molecule has 0 heterocycles. The SMILES string of the molecule is CC(C)(C)c1ccc2[cH-]c3ccc(C(C)(C)C)cc3c2c1.Cl.Cl.[CH3-].[CH3-].[Si]=[Zr].c1ccc(-c2c[cH-]c3ccccc23)cc1. The van der Waals surface area contributed by atoms with E-state index in [9.17, 15) is 0 Å². The van der Waals surface area contributed by atoms with Crippen molar-refractivity contribution in [2.75, 3.05) is 0 Å². The molecule has 0 amide bonds. The third-order valence-corrected chi connectivity index (χ3v) is 7.21. The number of rotatable bonds is 1. The number of benzene rings is 4. The third-order valence-electron chi connectivity index (χ3n) is 7.21. The molecule has 0 nitrogen and oxygen atoms in total. The summed E-state index contributed by atoms with van der Waals surface area (Å²) in [7, 11) is 0. The van der Waals surface area contributed by atoms with Gasteiger partial charge in [-0.05, 0) is 10.8 Å². The van der Waals surface area contributed by atoms with Crippen LogP contribution in [-0.4, -0.2) is 6.88 Å². The van der Waals surface area contributed by atoms with E-state index < -0.39 is 0 Å². The molecule has 2 radical (unpaired) electrons. The molecule has 0 N–H and O–H groups in total. The molecular formula is C38H44Cl2SiZr-4. The van der Waals surface area contributed by atoms with E-state index in [-0.39, 0.29) is 50.5 Å². The van der Waals surface area contributed by atoms with Gasteiger partial charge in [0.25, 0.3) is 0 Å². The molecule has 6 rings (SSSR count). The molecule has 0 aliphatic heterocycles. The molecule has 0 aliphatic carbocycles. The Bertz CT molecular complexity index is 1600. The summed E-state index contributed by atoms with van der Waals surface area (Å²) in [6.07, 6.45) is 0. The van der Waals surface area contributed by atoms with Crippen molar-refractivity contribution in [2.45, 2.75) is 52.4 Å². The second kappa shape index (κ2) is 16.8. The Kier molecular flexibility index (Phi) is 16.0. The molecular weight excluding hydrogens is 647 g/mol. The van der Waals surface area contributed by atoms with Gasteiger partial charge in [-0.1, -0.05) is 119 Å². The maximum absolute atomic E-state index is 3.06. The Labute approximate surface area is 284 Å². The summed E-state index contributed by atoms with van der Waals surface area (Å²) in [5.74, 6) is 0. The van der Waals surface area contributed by atoms with Gasteiger partial charge in [0.1, 0.15) is 0 Å². The van der Waals surface area contributed by atoms with Gasteiger partial charge in [-0.25, -0.2) is 0 Å². The maximum Gasteiger partial charge on any atom is -0.0623 e. The average molecular weight is 691 g/mol. The van der Waals surface area contributed by atoms with Crippen molar-refractivity contribution < 1.29 is 23.3 Å². The van der Waals surface area contributed by atoms with Crippen LogP contribution < -0.4 is 0 Å². The normalized spacial score (nSPS) is 10.5. The molecule has 0 unspecified atom stereocenters. The van der Waals surface area contributed by atoms with Gasteiger partial charge < -0.3 is 14.9 Å². The monoisotopic (exact) mass is 688 g/mol. The van der Waals surface area contributed by atoms with Crippen LogP contribution >= 0.6 is 24.8 Å². The van der Waals surface area contributed by atoms with E-state index in [0.29, 0.717) is 0 Å². The zero-order valence-corrected chi connectivity index (χ0v) is 31.3. The molecule has 0 saturated heterocycles. The van der Waals surface area contributed by atoms with E-state index in [1.54, 1.807) is 0 Å². The Hall–Kier alpha value is -1.96. The quantitative estimate of drug-likeness (QED) is 0.119. The minimum atomic E-state index is 0. The minimum absolute atomic E-state index is 0. The first-order chi connectivity index (χ1) is 18.1. The fourth-order valence-corrected chi connectivity index (χ4v) is 4.95. The summed E-state index contributed by atoms with van der Waals surface area (Å²) in [6.45, 7) is 16.7. The van der Waals surface area contributed by atoms with E-state index in [4.69, 9.17) is 0 Å². The molecule has 6 aromatic carbocycles. The van der Waals surface area contributed by atoms with Crippen molar-refractivity contribution in [3.8, 4) is 11.1 Å². The van der Waals surface area contributed by atoms with E-state index >= 15 is 0 Å². The van der Waals surface area contributed by atoms with E-state index in [1.807, 2.05) is 0 Å². The standard InChI is InChI=1S/C21H25.C15H11.2CH3.2ClH.Si.Zr/c1-20(2,3)16-9-7-14-11-15-8-10-17(21(4,5)6)13-19(15)18(14)12-16;1-2-6-12(7-3-1)15-11-10-13-8-4-5-9-14(13)15;;;;;;/h7-13H,1-6H3;1-11H;2*1H3;2*1H;;/q4*-1;;;;. The van der Waals surface area contributed by atoms with Gasteiger partial charge >= 0.3 is 30.2 Å². The zero-order valence-electron chi connectivity index (χ0n) is 26.2. The van der Waals surface area contributed by atoms with Crippen molar-refractivity contribution in [3.63, 3.8) is 0 Å². The number of hydrogen-bond donors (Lipinski definition) is 0. The number of fused-ring (bicyclic) bond motifs is 4. The van der Waals surface area contributed by atoms with Gasteiger partial charge in [-0.2, -0.15) is 0 Å². The second-order valence-corrected chi connectivity index (χ2v) is 11.9. The van der Waals surface area contributed by atoms with Crippen molar-refractivity contribution in [1.82, 2.24) is 0 Å². The summed E-state index contributed by atoms with van der Waals surface area (Å²) in [4.78, 5) is 0. The second-order valence-electron chi connectivity index (χ2n) is 11.9. The Morgan fingerprint density at radius 2 is 1.00 bits per heavy atom. The average Bonchev–Trinajstić information content (AvgIpc) is 3.50. The molecule has 6 aromatic rings. The molecule has 0 bridgehead atoms. The van der Waals surface area contributed by atoms with Crippen LogP contribution in [-0.2, 0) is 34.2 Å². The Morgan fingerprint density at radius 3 is 1.48 bits per heavy atom. The molecule has 0 saturated carbocycles. The molecule has 0 fully saturated rings. The fraction of sp³-hybridized carbons (Fsp3) is 0.211. The molecule has 4 heteroatoms. The van der Waals surface area contributed by atoms with Crippen LogP contribution in [0.15, 0.2) is 109 Å². The van der Waals surface area contributed by atoms with Crippen molar-refractivity contribution in [1.29, 1.82) is 0 Å². The minimum Gasteiger partial charge on any atom is -0.150 e. The molecule has 42 heavy (non-hydrogen) atoms. The van der Waals surface area contributed by atoms with E-state index in [0.717, 1.165) is 0 Å². The number of halogens is 2. The van der Waals surface area contributed by atoms with Gasteiger partial charge in [0.15, 0.2) is 0 Å². The van der Waals surface area contributed by atoms with E-state index in [2.05, 4.69) is 158 Å². The fourth-order valence-electron chi connectivity index (χ4n) is 4.95. The summed E-state index contributed by atoms with van der Waals surface area (Å²) < 4.78 is 0. The van der Waals surface area contributed by atoms with Crippen LogP contribution in [0.1, 0.15) is 52.7 Å². The van der Waals surface area contributed by atoms with E-state index in [1.165, 1.54) is 77.9 Å². The van der Waals surface area contributed by atoms with Crippen LogP contribution in [0.4, 0.5) is 0 Å². The molecule has 222 valence electrons. The van der Waals surface area contributed by atoms with Gasteiger partial charge in [0, 0.05) is 0 Å². The summed E-state index contributed by atoms with van der Waals surface area (Å²) >= 11 is 1.36. The number of hydrogen-bond acceptors (Lipinski definition) is 0. The first-order valence-corrected chi connectivity index (χ1v) is 17.4. The van der Waals surface area contributed by atoms with Crippen molar-refractivity contribution in [2.24, 2.45) is 0 Å². The van der Waals surface area contributed by atoms with Crippen LogP contribution in [0.25, 0.3) is 43.4 Å². The van der Waals surface area contributed by atoms with Crippen LogP contribution in [0.3, 0.4) is 0 Å². The molecule has 0 aliphatic rings. The first kappa shape index (κ1) is 40.0. The predicted octanol–water partition coefficient (Wildman–Crippen LogP) is 11.9. The third kappa shape index (κ3) is 9.03. The maximum atomic E-state index is 3.06. The zero-order chi connectivity index (χ0) is 27.5. The predicted molar refractivity (Wildman–Crippen MR) is 193 cm³/mol. The topological polar surface area (TPSA) is 0 Å². The van der Waals surface area contributed by atoms with Crippen molar-refractivity contribution in [3.05, 3.63) is 135 Å². The first-order valence-electron chi connectivity index (χ1n) is 13.2. The molecule has 0 atom stereocenters. The largest absolute Gasteiger partial charge is 0.150 e. The smallest absolute Gasteiger partial charge is 0.0623 e. The molecule has 0 spiro atoms. The van der Waals surface area contributed by atoms with Gasteiger partial charge in [0.05, 0.1) is 0 Å². The summed E-state index contributed by atoms with van der Waals surface area (Å²) in [5.41, 5.74) is 5.82. The summed E-state index contributed by atoms with van der Waals surface area (Å²) in [5, 5.41) is 8.14. The van der Waals surface area contributed by atoms with Crippen molar-refractivity contribution >= 4 is 64.0 Å².